The average molecular weight is 328 g/mol. The van der Waals surface area contributed by atoms with E-state index in [2.05, 4.69) is 0 Å². The van der Waals surface area contributed by atoms with E-state index in [1.165, 1.54) is 0 Å². The second-order valence-corrected chi connectivity index (χ2v) is 6.45. The predicted molar refractivity (Wildman–Crippen MR) is 91.0 cm³/mol. The van der Waals surface area contributed by atoms with Crippen molar-refractivity contribution < 1.29 is 14.3 Å². The number of amides is 1. The Morgan fingerprint density at radius 1 is 1.09 bits per heavy atom. The summed E-state index contributed by atoms with van der Waals surface area (Å²) in [6, 6.07) is 13.3. The van der Waals surface area contributed by atoms with Gasteiger partial charge in [0, 0.05) is 23.0 Å². The van der Waals surface area contributed by atoms with Gasteiger partial charge in [-0.2, -0.15) is 0 Å². The molecule has 2 N–H and O–H groups in total. The summed E-state index contributed by atoms with van der Waals surface area (Å²) >= 11 is 1.58. The van der Waals surface area contributed by atoms with Crippen molar-refractivity contribution in [2.45, 2.75) is 5.37 Å². The fraction of sp³-hybridized carbons (Fsp3) is 0.235. The van der Waals surface area contributed by atoms with E-state index in [1.807, 2.05) is 42.5 Å². The van der Waals surface area contributed by atoms with E-state index >= 15 is 0 Å². The highest BCUT2D eigenvalue weighted by atomic mass is 32.2. The van der Waals surface area contributed by atoms with Gasteiger partial charge in [0.25, 0.3) is 0 Å². The summed E-state index contributed by atoms with van der Waals surface area (Å²) in [5.41, 5.74) is 8.56. The lowest BCUT2D eigenvalue weighted by Gasteiger charge is -2.27. The van der Waals surface area contributed by atoms with Gasteiger partial charge in [-0.05, 0) is 18.2 Å². The molecule has 0 saturated carbocycles. The third-order valence-electron chi connectivity index (χ3n) is 3.93. The summed E-state index contributed by atoms with van der Waals surface area (Å²) < 4.78 is 11.2. The van der Waals surface area contributed by atoms with Crippen LogP contribution in [0.4, 0.5) is 11.4 Å². The van der Waals surface area contributed by atoms with Crippen LogP contribution in [0.1, 0.15) is 10.9 Å². The van der Waals surface area contributed by atoms with Crippen molar-refractivity contribution in [2.24, 2.45) is 0 Å². The second kappa shape index (κ2) is 5.70. The van der Waals surface area contributed by atoms with Gasteiger partial charge in [0.2, 0.25) is 5.91 Å². The highest BCUT2D eigenvalue weighted by Gasteiger charge is 2.35. The molecular weight excluding hydrogens is 312 g/mol. The zero-order chi connectivity index (χ0) is 15.8. The maximum Gasteiger partial charge on any atom is 0.238 e. The molecule has 2 aromatic rings. The summed E-state index contributed by atoms with van der Waals surface area (Å²) in [7, 11) is 0. The van der Waals surface area contributed by atoms with Crippen LogP contribution in [0.25, 0.3) is 0 Å². The van der Waals surface area contributed by atoms with Gasteiger partial charge in [-0.25, -0.2) is 0 Å². The number of benzene rings is 2. The van der Waals surface area contributed by atoms with Crippen molar-refractivity contribution in [3.05, 3.63) is 48.0 Å². The van der Waals surface area contributed by atoms with Crippen molar-refractivity contribution in [3.63, 3.8) is 0 Å². The van der Waals surface area contributed by atoms with Crippen LogP contribution in [0, 0.1) is 0 Å². The first kappa shape index (κ1) is 14.3. The summed E-state index contributed by atoms with van der Waals surface area (Å²) in [6.45, 7) is 1.07. The number of thioether (sulfide) groups is 1. The molecule has 1 amide bonds. The highest BCUT2D eigenvalue weighted by molar-refractivity contribution is 8.00. The Morgan fingerprint density at radius 3 is 2.70 bits per heavy atom. The summed E-state index contributed by atoms with van der Waals surface area (Å²) in [5, 5.41) is -0.119. The number of rotatable bonds is 2. The molecule has 1 fully saturated rings. The molecular formula is C17H16N2O3S. The molecule has 0 aliphatic carbocycles. The van der Waals surface area contributed by atoms with Crippen molar-refractivity contribution >= 4 is 29.0 Å². The lowest BCUT2D eigenvalue weighted by atomic mass is 10.1. The van der Waals surface area contributed by atoms with E-state index < -0.39 is 0 Å². The van der Waals surface area contributed by atoms with Crippen LogP contribution >= 0.6 is 11.8 Å². The van der Waals surface area contributed by atoms with Crippen LogP contribution in [-0.2, 0) is 4.79 Å². The first-order valence-corrected chi connectivity index (χ1v) is 8.46. The molecule has 0 aromatic heterocycles. The minimum Gasteiger partial charge on any atom is -0.486 e. The first-order valence-electron chi connectivity index (χ1n) is 7.42. The molecule has 0 unspecified atom stereocenters. The summed E-state index contributed by atoms with van der Waals surface area (Å²) in [6.07, 6.45) is 0. The third kappa shape index (κ3) is 2.49. The second-order valence-electron chi connectivity index (χ2n) is 5.38. The Bertz CT molecular complexity index is 765. The van der Waals surface area contributed by atoms with Crippen LogP contribution in [-0.4, -0.2) is 24.9 Å². The van der Waals surface area contributed by atoms with Crippen LogP contribution in [0.15, 0.2) is 42.5 Å². The number of para-hydroxylation sites is 1. The molecule has 6 heteroatoms. The average Bonchev–Trinajstić information content (AvgIpc) is 2.96. The molecule has 2 aliphatic heterocycles. The third-order valence-corrected chi connectivity index (χ3v) is 5.13. The molecule has 2 aliphatic rings. The van der Waals surface area contributed by atoms with Gasteiger partial charge in [0.05, 0.1) is 5.75 Å². The normalized spacial score (nSPS) is 19.9. The molecule has 5 nitrogen and oxygen atoms in total. The quantitative estimate of drug-likeness (QED) is 0.859. The molecule has 118 valence electrons. The van der Waals surface area contributed by atoms with E-state index in [0.717, 1.165) is 17.0 Å². The van der Waals surface area contributed by atoms with E-state index in [4.69, 9.17) is 15.2 Å². The number of fused-ring (bicyclic) bond motifs is 1. The smallest absolute Gasteiger partial charge is 0.238 e. The largest absolute Gasteiger partial charge is 0.486 e. The zero-order valence-corrected chi connectivity index (χ0v) is 13.2. The summed E-state index contributed by atoms with van der Waals surface area (Å²) in [4.78, 5) is 14.2. The fourth-order valence-corrected chi connectivity index (χ4v) is 4.07. The Hall–Kier alpha value is -2.34. The van der Waals surface area contributed by atoms with E-state index in [1.54, 1.807) is 16.7 Å². The number of carbonyl (C=O) groups excluding carboxylic acids is 1. The molecule has 1 atom stereocenters. The maximum atomic E-state index is 12.4. The van der Waals surface area contributed by atoms with Gasteiger partial charge >= 0.3 is 0 Å². The number of nitrogens with two attached hydrogens (primary N) is 1. The van der Waals surface area contributed by atoms with Crippen LogP contribution in [0.5, 0.6) is 11.5 Å². The van der Waals surface area contributed by atoms with Crippen molar-refractivity contribution in [3.8, 4) is 11.5 Å². The lowest BCUT2D eigenvalue weighted by molar-refractivity contribution is -0.115. The van der Waals surface area contributed by atoms with Crippen molar-refractivity contribution in [1.82, 2.24) is 0 Å². The van der Waals surface area contributed by atoms with Crippen LogP contribution in [0.2, 0.25) is 0 Å². The van der Waals surface area contributed by atoms with Crippen molar-refractivity contribution in [2.75, 3.05) is 29.6 Å². The Balaban J connectivity index is 1.73. The Morgan fingerprint density at radius 2 is 1.87 bits per heavy atom. The number of anilines is 2. The first-order chi connectivity index (χ1) is 11.2. The number of nitrogens with zero attached hydrogens (tertiary/aromatic N) is 1. The van der Waals surface area contributed by atoms with Gasteiger partial charge in [-0.1, -0.05) is 18.2 Å². The molecule has 0 radical (unpaired) electrons. The number of nitrogen functional groups attached to an aromatic ring is 1. The predicted octanol–water partition coefficient (Wildman–Crippen LogP) is 2.82. The molecule has 2 heterocycles. The van der Waals surface area contributed by atoms with Gasteiger partial charge in [-0.3, -0.25) is 9.69 Å². The van der Waals surface area contributed by atoms with Gasteiger partial charge in [-0.15, -0.1) is 11.8 Å². The van der Waals surface area contributed by atoms with E-state index in [0.29, 0.717) is 30.4 Å². The molecule has 0 bridgehead atoms. The number of carbonyl (C=O) groups is 1. The number of hydrogen-bond acceptors (Lipinski definition) is 5. The van der Waals surface area contributed by atoms with Gasteiger partial charge < -0.3 is 15.2 Å². The minimum absolute atomic E-state index is 0.0694. The monoisotopic (exact) mass is 328 g/mol. The zero-order valence-electron chi connectivity index (χ0n) is 12.4. The van der Waals surface area contributed by atoms with Crippen LogP contribution in [0.3, 0.4) is 0 Å². The topological polar surface area (TPSA) is 64.8 Å². The molecule has 0 spiro atoms. The fourth-order valence-electron chi connectivity index (χ4n) is 2.85. The Kier molecular flexibility index (Phi) is 3.53. The van der Waals surface area contributed by atoms with E-state index in [-0.39, 0.29) is 11.3 Å². The van der Waals surface area contributed by atoms with Gasteiger partial charge in [0.1, 0.15) is 18.6 Å². The maximum absolute atomic E-state index is 12.4. The SMILES string of the molecule is Nc1ccccc1[C@@H]1SCC(=O)N1c1ccc2c(c1)OCCO2. The standard InChI is InChI=1S/C17H16N2O3S/c18-13-4-2-1-3-12(13)17-19(16(20)10-23-17)11-5-6-14-15(9-11)22-8-7-21-14/h1-6,9,17H,7-8,10,18H2/t17-/m0/s1. The minimum atomic E-state index is -0.119. The lowest BCUT2D eigenvalue weighted by Crippen LogP contribution is -2.28. The highest BCUT2D eigenvalue weighted by Crippen LogP contribution is 2.45. The van der Waals surface area contributed by atoms with Crippen molar-refractivity contribution in [1.29, 1.82) is 0 Å². The molecule has 1 saturated heterocycles. The summed E-state index contributed by atoms with van der Waals surface area (Å²) in [5.74, 6) is 1.90. The van der Waals surface area contributed by atoms with Crippen LogP contribution < -0.4 is 20.1 Å². The molecule has 4 rings (SSSR count). The number of ether oxygens (including phenoxy) is 2. The number of hydrogen-bond donors (Lipinski definition) is 1. The Labute approximate surface area is 138 Å². The molecule has 23 heavy (non-hydrogen) atoms. The van der Waals surface area contributed by atoms with E-state index in [9.17, 15) is 4.79 Å². The van der Waals surface area contributed by atoms with Gasteiger partial charge in [0.15, 0.2) is 11.5 Å². The molecule has 2 aromatic carbocycles.